The van der Waals surface area contributed by atoms with Gasteiger partial charge in [-0.3, -0.25) is 4.98 Å². The molecule has 0 radical (unpaired) electrons. The summed E-state index contributed by atoms with van der Waals surface area (Å²) in [7, 11) is 0. The summed E-state index contributed by atoms with van der Waals surface area (Å²) in [6.45, 7) is 0. The van der Waals surface area contributed by atoms with Gasteiger partial charge in [0.05, 0.1) is 16.7 Å². The van der Waals surface area contributed by atoms with Crippen LogP contribution >= 0.6 is 11.3 Å². The zero-order valence-corrected chi connectivity index (χ0v) is 34.9. The standard InChI is InChI=1S/C60H36N2S/c1-3-11-38(12-4-1)56-55(59(45-13-5-2-6-14-45)63-60(56)51-32-29-41-25-24-39-15-9-16-40-28-31-50(51)54(41)53(39)40)42-22-20-37(21-23-42)46-33-34-49(48-19-8-7-18-47(46)48)52-35-30-44-27-26-43-17-10-36-61-57(43)58(44)62-52/h1-36H. The molecule has 3 heterocycles. The molecule has 292 valence electrons. The second-order valence-electron chi connectivity index (χ2n) is 16.4. The number of benzene rings is 10. The van der Waals surface area contributed by atoms with Crippen LogP contribution in [0.25, 0.3) is 130 Å². The molecule has 3 heteroatoms. The summed E-state index contributed by atoms with van der Waals surface area (Å²) in [6.07, 6.45) is 1.85. The molecular weight excluding hydrogens is 781 g/mol. The van der Waals surface area contributed by atoms with E-state index in [9.17, 15) is 0 Å². The molecule has 0 aliphatic carbocycles. The fraction of sp³-hybridized carbons (Fsp3) is 0. The van der Waals surface area contributed by atoms with E-state index < -0.39 is 0 Å². The third-order valence-corrected chi connectivity index (χ3v) is 14.2. The Morgan fingerprint density at radius 1 is 0.302 bits per heavy atom. The molecule has 0 atom stereocenters. The monoisotopic (exact) mass is 816 g/mol. The molecule has 0 spiro atoms. The van der Waals surface area contributed by atoms with Crippen molar-refractivity contribution in [2.75, 3.05) is 0 Å². The first-order chi connectivity index (χ1) is 31.2. The molecule has 13 aromatic rings. The Morgan fingerprint density at radius 3 is 1.62 bits per heavy atom. The average Bonchev–Trinajstić information content (AvgIpc) is 3.76. The van der Waals surface area contributed by atoms with Crippen LogP contribution in [-0.4, -0.2) is 9.97 Å². The lowest BCUT2D eigenvalue weighted by molar-refractivity contribution is 1.37. The van der Waals surface area contributed by atoms with Gasteiger partial charge in [0.2, 0.25) is 0 Å². The second kappa shape index (κ2) is 14.3. The Morgan fingerprint density at radius 2 is 0.841 bits per heavy atom. The van der Waals surface area contributed by atoms with Gasteiger partial charge in [-0.2, -0.15) is 0 Å². The van der Waals surface area contributed by atoms with Gasteiger partial charge in [0.1, 0.15) is 0 Å². The van der Waals surface area contributed by atoms with E-state index in [-0.39, 0.29) is 0 Å². The second-order valence-corrected chi connectivity index (χ2v) is 17.4. The molecule has 0 saturated carbocycles. The zero-order chi connectivity index (χ0) is 41.4. The number of rotatable bonds is 6. The van der Waals surface area contributed by atoms with E-state index in [1.165, 1.54) is 97.4 Å². The van der Waals surface area contributed by atoms with Crippen LogP contribution in [0.2, 0.25) is 0 Å². The maximum Gasteiger partial charge on any atom is 0.0972 e. The first kappa shape index (κ1) is 35.7. The third kappa shape index (κ3) is 5.71. The lowest BCUT2D eigenvalue weighted by Crippen LogP contribution is -1.91. The highest BCUT2D eigenvalue weighted by atomic mass is 32.1. The average molecular weight is 817 g/mol. The van der Waals surface area contributed by atoms with Crippen molar-refractivity contribution < 1.29 is 0 Å². The fourth-order valence-corrected chi connectivity index (χ4v) is 11.4. The van der Waals surface area contributed by atoms with Crippen molar-refractivity contribution in [3.8, 4) is 65.5 Å². The van der Waals surface area contributed by atoms with Crippen LogP contribution < -0.4 is 0 Å². The van der Waals surface area contributed by atoms with E-state index in [0.29, 0.717) is 0 Å². The molecule has 63 heavy (non-hydrogen) atoms. The highest BCUT2D eigenvalue weighted by Crippen LogP contribution is 2.54. The number of nitrogens with zero attached hydrogens (tertiary/aromatic N) is 2. The van der Waals surface area contributed by atoms with Gasteiger partial charge in [-0.1, -0.05) is 200 Å². The van der Waals surface area contributed by atoms with E-state index in [1.54, 1.807) is 0 Å². The molecule has 13 rings (SSSR count). The number of aromatic nitrogens is 2. The molecule has 0 aliphatic rings. The normalized spacial score (nSPS) is 11.8. The summed E-state index contributed by atoms with van der Waals surface area (Å²) < 4.78 is 0. The van der Waals surface area contributed by atoms with Gasteiger partial charge in [0.15, 0.2) is 0 Å². The van der Waals surface area contributed by atoms with Gasteiger partial charge in [-0.25, -0.2) is 4.98 Å². The van der Waals surface area contributed by atoms with Crippen molar-refractivity contribution in [2.24, 2.45) is 0 Å². The van der Waals surface area contributed by atoms with Crippen LogP contribution in [0.3, 0.4) is 0 Å². The van der Waals surface area contributed by atoms with Crippen molar-refractivity contribution in [1.29, 1.82) is 0 Å². The molecule has 0 unspecified atom stereocenters. The molecule has 3 aromatic heterocycles. The SMILES string of the molecule is c1ccc(-c2sc(-c3ccc4ccc5cccc6ccc3c4c56)c(-c3ccccc3)c2-c2ccc(-c3ccc(-c4ccc5ccc6cccnc6c5n4)c4ccccc34)cc2)cc1. The Kier molecular flexibility index (Phi) is 8.12. The van der Waals surface area contributed by atoms with Crippen molar-refractivity contribution in [2.45, 2.75) is 0 Å². The van der Waals surface area contributed by atoms with Crippen molar-refractivity contribution >= 4 is 76.2 Å². The van der Waals surface area contributed by atoms with E-state index in [1.807, 2.05) is 23.6 Å². The zero-order valence-electron chi connectivity index (χ0n) is 34.1. The lowest BCUT2D eigenvalue weighted by atomic mass is 9.87. The molecule has 10 aromatic carbocycles. The summed E-state index contributed by atoms with van der Waals surface area (Å²) in [4.78, 5) is 12.5. The van der Waals surface area contributed by atoms with Crippen LogP contribution in [0.15, 0.2) is 219 Å². The van der Waals surface area contributed by atoms with Gasteiger partial charge in [-0.15, -0.1) is 11.3 Å². The summed E-state index contributed by atoms with van der Waals surface area (Å²) in [5, 5.41) is 12.3. The summed E-state index contributed by atoms with van der Waals surface area (Å²) in [5.74, 6) is 0. The Balaban J connectivity index is 0.987. The van der Waals surface area contributed by atoms with E-state index in [2.05, 4.69) is 206 Å². The number of fused-ring (bicyclic) bond motifs is 4. The van der Waals surface area contributed by atoms with Gasteiger partial charge in [-0.05, 0) is 83.0 Å². The molecule has 0 N–H and O–H groups in total. The minimum atomic E-state index is 0.926. The number of hydrogen-bond donors (Lipinski definition) is 0. The Bertz CT molecular complexity index is 3870. The predicted octanol–water partition coefficient (Wildman–Crippen LogP) is 16.9. The summed E-state index contributed by atoms with van der Waals surface area (Å²) >= 11 is 1.91. The smallest absolute Gasteiger partial charge is 0.0972 e. The van der Waals surface area contributed by atoms with Crippen molar-refractivity contribution in [1.82, 2.24) is 9.97 Å². The van der Waals surface area contributed by atoms with Gasteiger partial charge < -0.3 is 0 Å². The highest BCUT2D eigenvalue weighted by Gasteiger charge is 2.25. The molecule has 0 fully saturated rings. The Labute approximate surface area is 368 Å². The molecule has 0 bridgehead atoms. The topological polar surface area (TPSA) is 25.8 Å². The maximum absolute atomic E-state index is 5.24. The van der Waals surface area contributed by atoms with Crippen LogP contribution in [-0.2, 0) is 0 Å². The minimum Gasteiger partial charge on any atom is -0.254 e. The number of thiophene rings is 1. The molecule has 0 saturated heterocycles. The van der Waals surface area contributed by atoms with Crippen LogP contribution in [0.4, 0.5) is 0 Å². The van der Waals surface area contributed by atoms with Gasteiger partial charge in [0.25, 0.3) is 0 Å². The van der Waals surface area contributed by atoms with E-state index >= 15 is 0 Å². The molecule has 0 aliphatic heterocycles. The van der Waals surface area contributed by atoms with E-state index in [4.69, 9.17) is 9.97 Å². The predicted molar refractivity (Wildman–Crippen MR) is 269 cm³/mol. The van der Waals surface area contributed by atoms with Gasteiger partial charge in [0, 0.05) is 49.0 Å². The third-order valence-electron chi connectivity index (χ3n) is 12.9. The largest absolute Gasteiger partial charge is 0.254 e. The van der Waals surface area contributed by atoms with Crippen LogP contribution in [0.5, 0.6) is 0 Å². The molecular formula is C60H36N2S. The fourth-order valence-electron chi connectivity index (χ4n) is 9.97. The first-order valence-electron chi connectivity index (χ1n) is 21.5. The minimum absolute atomic E-state index is 0.926. The van der Waals surface area contributed by atoms with Gasteiger partial charge >= 0.3 is 0 Å². The van der Waals surface area contributed by atoms with Crippen molar-refractivity contribution in [3.63, 3.8) is 0 Å². The van der Waals surface area contributed by atoms with Crippen LogP contribution in [0, 0.1) is 0 Å². The molecule has 0 amide bonds. The number of hydrogen-bond acceptors (Lipinski definition) is 3. The maximum atomic E-state index is 5.24. The Hall–Kier alpha value is -7.98. The van der Waals surface area contributed by atoms with Crippen molar-refractivity contribution in [3.05, 3.63) is 219 Å². The lowest BCUT2D eigenvalue weighted by Gasteiger charge is -2.15. The summed E-state index contributed by atoms with van der Waals surface area (Å²) in [6, 6.07) is 77.5. The quantitative estimate of drug-likeness (QED) is 0.156. The summed E-state index contributed by atoms with van der Waals surface area (Å²) in [5.41, 5.74) is 13.7. The highest BCUT2D eigenvalue weighted by molar-refractivity contribution is 7.20. The van der Waals surface area contributed by atoms with Crippen LogP contribution in [0.1, 0.15) is 0 Å². The number of pyridine rings is 2. The van der Waals surface area contributed by atoms with E-state index in [0.717, 1.165) is 33.1 Å². The first-order valence-corrected chi connectivity index (χ1v) is 22.3. The molecule has 2 nitrogen and oxygen atoms in total.